The molecule has 0 spiro atoms. The first-order valence-corrected chi connectivity index (χ1v) is 9.99. The highest BCUT2D eigenvalue weighted by Crippen LogP contribution is 2.39. The Morgan fingerprint density at radius 2 is 2.00 bits per heavy atom. The fraction of sp³-hybridized carbons (Fsp3) is 0.200. The maximum atomic E-state index is 14.4. The molecule has 9 nitrogen and oxygen atoms in total. The van der Waals surface area contributed by atoms with E-state index in [0.717, 1.165) is 22.2 Å². The number of pyridine rings is 1. The average molecular weight is 443 g/mol. The summed E-state index contributed by atoms with van der Waals surface area (Å²) >= 11 is 1.17. The lowest BCUT2D eigenvalue weighted by Crippen LogP contribution is -2.29. The van der Waals surface area contributed by atoms with E-state index < -0.39 is 30.0 Å². The van der Waals surface area contributed by atoms with Gasteiger partial charge in [-0.1, -0.05) is 11.8 Å². The number of carboxylic acid groups (broad SMARTS) is 1. The summed E-state index contributed by atoms with van der Waals surface area (Å²) < 4.78 is 17.7. The van der Waals surface area contributed by atoms with Gasteiger partial charge in [0.1, 0.15) is 35.0 Å². The number of aromatic nitrogens is 4. The molecular formula is C20H18FN5O4S. The Balaban J connectivity index is 1.84. The Labute approximate surface area is 179 Å². The van der Waals surface area contributed by atoms with E-state index in [1.165, 1.54) is 40.8 Å². The van der Waals surface area contributed by atoms with Gasteiger partial charge in [-0.05, 0) is 31.5 Å². The van der Waals surface area contributed by atoms with E-state index >= 15 is 0 Å². The summed E-state index contributed by atoms with van der Waals surface area (Å²) in [6.07, 6.45) is 1.21. The van der Waals surface area contributed by atoms with E-state index in [4.69, 9.17) is 5.11 Å². The third-order valence-electron chi connectivity index (χ3n) is 5.16. The zero-order valence-electron chi connectivity index (χ0n) is 16.8. The van der Waals surface area contributed by atoms with Crippen LogP contribution in [0.3, 0.4) is 0 Å². The normalized spacial score (nSPS) is 11.4. The smallest absolute Gasteiger partial charge is 0.322 e. The van der Waals surface area contributed by atoms with Crippen molar-refractivity contribution in [2.24, 2.45) is 7.05 Å². The molecule has 0 atom stereocenters. The van der Waals surface area contributed by atoms with Gasteiger partial charge in [0.2, 0.25) is 0 Å². The number of carboxylic acids is 1. The summed E-state index contributed by atoms with van der Waals surface area (Å²) in [6.45, 7) is 3.27. The second kappa shape index (κ2) is 7.58. The summed E-state index contributed by atoms with van der Waals surface area (Å²) in [4.78, 5) is 27.8. The summed E-state index contributed by atoms with van der Waals surface area (Å²) in [7, 11) is 1.89. The van der Waals surface area contributed by atoms with Gasteiger partial charge in [-0.25, -0.2) is 13.9 Å². The molecule has 0 bridgehead atoms. The zero-order valence-corrected chi connectivity index (χ0v) is 17.6. The fourth-order valence-electron chi connectivity index (χ4n) is 3.48. The van der Waals surface area contributed by atoms with Crippen LogP contribution in [0.25, 0.3) is 16.6 Å². The lowest BCUT2D eigenvalue weighted by Gasteiger charge is -2.12. The maximum absolute atomic E-state index is 14.4. The third-order valence-corrected chi connectivity index (χ3v) is 6.19. The quantitative estimate of drug-likeness (QED) is 0.433. The number of hydrogen-bond acceptors (Lipinski definition) is 6. The van der Waals surface area contributed by atoms with Crippen molar-refractivity contribution < 1.29 is 24.2 Å². The van der Waals surface area contributed by atoms with Crippen LogP contribution >= 0.6 is 11.8 Å². The number of benzene rings is 1. The molecule has 1 aromatic carbocycles. The van der Waals surface area contributed by atoms with Gasteiger partial charge in [0, 0.05) is 29.1 Å². The van der Waals surface area contributed by atoms with E-state index in [0.29, 0.717) is 9.92 Å². The number of aromatic hydroxyl groups is 1. The number of fused-ring (bicyclic) bond motifs is 2. The van der Waals surface area contributed by atoms with E-state index in [9.17, 15) is 19.1 Å². The van der Waals surface area contributed by atoms with Crippen LogP contribution in [0.1, 0.15) is 21.6 Å². The van der Waals surface area contributed by atoms with Crippen LogP contribution in [0.5, 0.6) is 5.75 Å². The zero-order chi connectivity index (χ0) is 22.4. The number of nitrogens with one attached hydrogen (secondary N) is 1. The molecule has 0 aliphatic heterocycles. The first kappa shape index (κ1) is 20.7. The lowest BCUT2D eigenvalue weighted by atomic mass is 10.1. The Morgan fingerprint density at radius 1 is 1.26 bits per heavy atom. The van der Waals surface area contributed by atoms with Gasteiger partial charge in [0.25, 0.3) is 5.91 Å². The number of amides is 1. The molecule has 31 heavy (non-hydrogen) atoms. The van der Waals surface area contributed by atoms with E-state index in [2.05, 4.69) is 15.4 Å². The van der Waals surface area contributed by atoms with Crippen molar-refractivity contribution >= 4 is 40.2 Å². The van der Waals surface area contributed by atoms with E-state index in [-0.39, 0.29) is 11.2 Å². The number of rotatable bonds is 5. The summed E-state index contributed by atoms with van der Waals surface area (Å²) in [5.74, 6) is -2.80. The molecule has 3 heterocycles. The van der Waals surface area contributed by atoms with Crippen molar-refractivity contribution in [3.8, 4) is 5.75 Å². The second-order valence-corrected chi connectivity index (χ2v) is 8.05. The Morgan fingerprint density at radius 3 is 2.71 bits per heavy atom. The average Bonchev–Trinajstić information content (AvgIpc) is 3.26. The standard InChI is InChI=1S/C20H18FN5O4S/c1-9-10(2)25(3)18-12(9)4-11(21)5-14(18)31-15-6-13(27)17(19-23-8-24-26(15)19)20(30)22-7-16(28)29/h4-6,8,27H,7H2,1-3H3,(H,22,30)(H,28,29). The number of aliphatic carboxylic acids is 1. The van der Waals surface area contributed by atoms with Crippen LogP contribution in [0.2, 0.25) is 0 Å². The molecule has 0 aliphatic carbocycles. The fourth-order valence-corrected chi connectivity index (χ4v) is 4.61. The SMILES string of the molecule is Cc1c(C)n(C)c2c(Sc3cc(O)c(C(=O)NCC(=O)O)c4ncnn34)cc(F)cc12. The predicted molar refractivity (Wildman–Crippen MR) is 111 cm³/mol. The molecular weight excluding hydrogens is 425 g/mol. The summed E-state index contributed by atoms with van der Waals surface area (Å²) in [6, 6.07) is 4.21. The minimum Gasteiger partial charge on any atom is -0.507 e. The van der Waals surface area contributed by atoms with Crippen LogP contribution < -0.4 is 5.32 Å². The maximum Gasteiger partial charge on any atom is 0.322 e. The van der Waals surface area contributed by atoms with Crippen molar-refractivity contribution in [1.82, 2.24) is 24.5 Å². The van der Waals surface area contributed by atoms with Crippen LogP contribution in [0.15, 0.2) is 34.4 Å². The largest absolute Gasteiger partial charge is 0.507 e. The topological polar surface area (TPSA) is 122 Å². The van der Waals surface area contributed by atoms with E-state index in [1.54, 1.807) is 0 Å². The molecule has 3 N–H and O–H groups in total. The van der Waals surface area contributed by atoms with Gasteiger partial charge >= 0.3 is 5.97 Å². The van der Waals surface area contributed by atoms with Gasteiger partial charge in [-0.15, -0.1) is 0 Å². The highest BCUT2D eigenvalue weighted by atomic mass is 32.2. The Bertz CT molecular complexity index is 1380. The first-order valence-electron chi connectivity index (χ1n) is 9.17. The molecule has 11 heteroatoms. The minimum atomic E-state index is -1.22. The molecule has 160 valence electrons. The van der Waals surface area contributed by atoms with Gasteiger partial charge in [0.15, 0.2) is 5.65 Å². The van der Waals surface area contributed by atoms with Crippen molar-refractivity contribution in [2.45, 2.75) is 23.8 Å². The minimum absolute atomic E-state index is 0.0530. The summed E-state index contributed by atoms with van der Waals surface area (Å²) in [5.41, 5.74) is 2.66. The van der Waals surface area contributed by atoms with Crippen molar-refractivity contribution in [2.75, 3.05) is 6.54 Å². The van der Waals surface area contributed by atoms with Crippen molar-refractivity contribution in [1.29, 1.82) is 0 Å². The lowest BCUT2D eigenvalue weighted by molar-refractivity contribution is -0.135. The van der Waals surface area contributed by atoms with Crippen molar-refractivity contribution in [3.05, 3.63) is 47.2 Å². The summed E-state index contributed by atoms with van der Waals surface area (Å²) in [5, 5.41) is 26.8. The van der Waals surface area contributed by atoms with Gasteiger partial charge in [-0.2, -0.15) is 5.10 Å². The van der Waals surface area contributed by atoms with Crippen LogP contribution in [-0.2, 0) is 11.8 Å². The van der Waals surface area contributed by atoms with Gasteiger partial charge in [-0.3, -0.25) is 9.59 Å². The van der Waals surface area contributed by atoms with Gasteiger partial charge in [0.05, 0.1) is 5.52 Å². The molecule has 4 rings (SSSR count). The number of halogens is 1. The Kier molecular flexibility index (Phi) is 5.05. The monoisotopic (exact) mass is 443 g/mol. The predicted octanol–water partition coefficient (Wildman–Crippen LogP) is 2.65. The number of aryl methyl sites for hydroxylation is 2. The molecule has 1 amide bonds. The van der Waals surface area contributed by atoms with Crippen LogP contribution in [-0.4, -0.2) is 47.8 Å². The van der Waals surface area contributed by atoms with E-state index in [1.807, 2.05) is 25.5 Å². The number of carbonyl (C=O) groups excluding carboxylic acids is 1. The van der Waals surface area contributed by atoms with Crippen molar-refractivity contribution in [3.63, 3.8) is 0 Å². The highest BCUT2D eigenvalue weighted by molar-refractivity contribution is 7.99. The molecule has 0 fully saturated rings. The molecule has 4 aromatic rings. The molecule has 0 unspecified atom stereocenters. The molecule has 3 aromatic heterocycles. The first-order chi connectivity index (χ1) is 14.7. The van der Waals surface area contributed by atoms with Crippen LogP contribution in [0.4, 0.5) is 4.39 Å². The third kappa shape index (κ3) is 3.46. The van der Waals surface area contributed by atoms with Crippen LogP contribution in [0, 0.1) is 19.7 Å². The molecule has 0 aliphatic rings. The molecule has 0 radical (unpaired) electrons. The highest BCUT2D eigenvalue weighted by Gasteiger charge is 2.22. The number of nitrogens with zero attached hydrogens (tertiary/aromatic N) is 4. The second-order valence-electron chi connectivity index (χ2n) is 6.99. The molecule has 0 saturated carbocycles. The Hall–Kier alpha value is -3.60. The van der Waals surface area contributed by atoms with Gasteiger partial charge < -0.3 is 20.1 Å². The number of carbonyl (C=O) groups is 2. The molecule has 0 saturated heterocycles. The number of hydrogen-bond donors (Lipinski definition) is 3.